The van der Waals surface area contributed by atoms with E-state index < -0.39 is 24.8 Å². The number of benzene rings is 1. The molecular formula is C11H9BrN2. The summed E-state index contributed by atoms with van der Waals surface area (Å²) >= 11 is 3.32. The van der Waals surface area contributed by atoms with Gasteiger partial charge in [-0.1, -0.05) is 34.1 Å². The van der Waals surface area contributed by atoms with E-state index in [1.807, 2.05) is 0 Å². The summed E-state index contributed by atoms with van der Waals surface area (Å²) in [6.45, 7) is -2.54. The van der Waals surface area contributed by atoms with E-state index in [4.69, 9.17) is 6.85 Å². The maximum Gasteiger partial charge on any atom is 0.160 e. The van der Waals surface area contributed by atoms with Crippen LogP contribution in [0.3, 0.4) is 0 Å². The molecule has 0 fully saturated rings. The predicted octanol–water partition coefficient (Wildman–Crippen LogP) is 3.21. The van der Waals surface area contributed by atoms with Gasteiger partial charge in [-0.15, -0.1) is 0 Å². The quantitative estimate of drug-likeness (QED) is 0.780. The summed E-state index contributed by atoms with van der Waals surface area (Å²) in [6, 6.07) is 6.59. The first kappa shape index (κ1) is 5.03. The van der Waals surface area contributed by atoms with Crippen molar-refractivity contribution in [3.8, 4) is 11.4 Å². The van der Waals surface area contributed by atoms with Crippen molar-refractivity contribution < 1.29 is 6.85 Å². The molecule has 0 aliphatic rings. The minimum atomic E-state index is -2.54. The van der Waals surface area contributed by atoms with E-state index in [0.717, 1.165) is 0 Å². The smallest absolute Gasteiger partial charge is 0.160 e. The summed E-state index contributed by atoms with van der Waals surface area (Å²) in [5.41, 5.74) is 0.180. The van der Waals surface area contributed by atoms with Gasteiger partial charge in [0.2, 0.25) is 0 Å². The molecule has 0 amide bonds. The Morgan fingerprint density at radius 2 is 2.29 bits per heavy atom. The van der Waals surface area contributed by atoms with Crippen LogP contribution < -0.4 is 0 Å². The zero-order valence-electron chi connectivity index (χ0n) is 12.1. The number of aryl methyl sites for hydroxylation is 1. The van der Waals surface area contributed by atoms with Crippen LogP contribution in [-0.2, 0) is 0 Å². The molecule has 0 atom stereocenters. The largest absolute Gasteiger partial charge is 0.237 e. The SMILES string of the molecule is [2H]c1nc(-c2ccccc2Br)nc(C([2H])([2H])[2H])c1[2H]. The van der Waals surface area contributed by atoms with Crippen LogP contribution in [0.4, 0.5) is 0 Å². The average Bonchev–Trinajstić information content (AvgIpc) is 2.31. The van der Waals surface area contributed by atoms with Crippen LogP contribution in [0.1, 0.15) is 12.5 Å². The highest BCUT2D eigenvalue weighted by molar-refractivity contribution is 9.10. The molecule has 1 heterocycles. The normalized spacial score (nSPS) is 16.2. The van der Waals surface area contributed by atoms with E-state index in [1.165, 1.54) is 0 Å². The number of nitrogens with zero attached hydrogens (tertiary/aromatic N) is 2. The summed E-state index contributed by atoms with van der Waals surface area (Å²) in [7, 11) is 0. The monoisotopic (exact) mass is 253 g/mol. The van der Waals surface area contributed by atoms with Gasteiger partial charge in [-0.3, -0.25) is 0 Å². The third-order valence-electron chi connectivity index (χ3n) is 1.67. The molecule has 0 unspecified atom stereocenters. The van der Waals surface area contributed by atoms with Gasteiger partial charge in [0.1, 0.15) is 0 Å². The first-order valence-electron chi connectivity index (χ1n) is 6.41. The van der Waals surface area contributed by atoms with E-state index in [2.05, 4.69) is 25.9 Å². The second-order valence-corrected chi connectivity index (χ2v) is 3.47. The number of aromatic nitrogens is 2. The van der Waals surface area contributed by atoms with Crippen LogP contribution in [-0.4, -0.2) is 9.97 Å². The first-order chi connectivity index (χ1) is 8.80. The van der Waals surface area contributed by atoms with Gasteiger partial charge in [0, 0.05) is 26.0 Å². The van der Waals surface area contributed by atoms with E-state index in [0.29, 0.717) is 10.0 Å². The van der Waals surface area contributed by atoms with Crippen molar-refractivity contribution in [1.29, 1.82) is 0 Å². The van der Waals surface area contributed by atoms with Gasteiger partial charge in [0.15, 0.2) is 5.82 Å². The molecule has 0 aliphatic heterocycles. The van der Waals surface area contributed by atoms with E-state index in [9.17, 15) is 0 Å². The highest BCUT2D eigenvalue weighted by atomic mass is 79.9. The van der Waals surface area contributed by atoms with Crippen molar-refractivity contribution in [1.82, 2.24) is 9.97 Å². The summed E-state index contributed by atoms with van der Waals surface area (Å²) in [5.74, 6) is 0.125. The van der Waals surface area contributed by atoms with Crippen LogP contribution in [0, 0.1) is 6.85 Å². The van der Waals surface area contributed by atoms with Crippen LogP contribution in [0.5, 0.6) is 0 Å². The van der Waals surface area contributed by atoms with E-state index >= 15 is 0 Å². The second-order valence-electron chi connectivity index (χ2n) is 2.61. The minimum absolute atomic E-state index is 0.125. The van der Waals surface area contributed by atoms with E-state index in [-0.39, 0.29) is 5.82 Å². The van der Waals surface area contributed by atoms with Crippen LogP contribution in [0.25, 0.3) is 11.4 Å². The lowest BCUT2D eigenvalue weighted by Gasteiger charge is -2.02. The second kappa shape index (κ2) is 3.88. The highest BCUT2D eigenvalue weighted by Gasteiger charge is 2.04. The summed E-state index contributed by atoms with van der Waals surface area (Å²) in [6.07, 6.45) is -0.396. The maximum absolute atomic E-state index is 7.60. The fraction of sp³-hybridized carbons (Fsp3) is 0.0909. The molecule has 2 nitrogen and oxygen atoms in total. The third kappa shape index (κ3) is 1.82. The standard InChI is InChI=1S/C11H9BrN2/c1-8-6-7-13-11(14-8)9-4-2-3-5-10(9)12/h2-7H,1H3/i1D3,6D,7D. The number of rotatable bonds is 1. The molecule has 0 spiro atoms. The topological polar surface area (TPSA) is 25.8 Å². The van der Waals surface area contributed by atoms with Crippen LogP contribution >= 0.6 is 15.9 Å². The lowest BCUT2D eigenvalue weighted by molar-refractivity contribution is 1.11. The molecule has 14 heavy (non-hydrogen) atoms. The third-order valence-corrected chi connectivity index (χ3v) is 2.36. The lowest BCUT2D eigenvalue weighted by atomic mass is 10.2. The van der Waals surface area contributed by atoms with Gasteiger partial charge in [0.05, 0.1) is 2.74 Å². The Bertz CT molecular complexity index is 627. The molecule has 1 aromatic carbocycles. The average molecular weight is 254 g/mol. The fourth-order valence-electron chi connectivity index (χ4n) is 1.06. The van der Waals surface area contributed by atoms with Crippen molar-refractivity contribution in [3.05, 3.63) is 46.6 Å². The van der Waals surface area contributed by atoms with Crippen molar-refractivity contribution in [2.24, 2.45) is 0 Å². The van der Waals surface area contributed by atoms with Gasteiger partial charge in [-0.2, -0.15) is 0 Å². The summed E-state index contributed by atoms with van der Waals surface area (Å²) < 4.78 is 37.9. The first-order valence-corrected chi connectivity index (χ1v) is 4.70. The van der Waals surface area contributed by atoms with Gasteiger partial charge in [-0.05, 0) is 19.0 Å². The van der Waals surface area contributed by atoms with Crippen LogP contribution in [0.15, 0.2) is 41.0 Å². The Morgan fingerprint density at radius 3 is 3.07 bits per heavy atom. The number of hydrogen-bond donors (Lipinski definition) is 0. The van der Waals surface area contributed by atoms with Gasteiger partial charge < -0.3 is 0 Å². The molecule has 70 valence electrons. The molecule has 0 radical (unpaired) electrons. The maximum atomic E-state index is 7.60. The highest BCUT2D eigenvalue weighted by Crippen LogP contribution is 2.24. The molecule has 0 saturated carbocycles. The number of halogens is 1. The van der Waals surface area contributed by atoms with Crippen molar-refractivity contribution in [2.45, 2.75) is 6.85 Å². The van der Waals surface area contributed by atoms with Crippen molar-refractivity contribution >= 4 is 15.9 Å². The summed E-state index contributed by atoms with van der Waals surface area (Å²) in [4.78, 5) is 7.79. The Balaban J connectivity index is 2.68. The molecule has 0 N–H and O–H groups in total. The Kier molecular flexibility index (Phi) is 1.39. The molecule has 0 bridgehead atoms. The zero-order valence-corrected chi connectivity index (χ0v) is 8.67. The molecule has 1 aromatic heterocycles. The molecular weight excluding hydrogens is 240 g/mol. The molecule has 0 saturated heterocycles. The van der Waals surface area contributed by atoms with Crippen molar-refractivity contribution in [2.75, 3.05) is 0 Å². The molecule has 2 rings (SSSR count). The lowest BCUT2D eigenvalue weighted by Crippen LogP contribution is -1.90. The Hall–Kier alpha value is -1.22. The molecule has 2 aromatic rings. The summed E-state index contributed by atoms with van der Waals surface area (Å²) in [5, 5.41) is 0. The predicted molar refractivity (Wildman–Crippen MR) is 59.9 cm³/mol. The molecule has 3 heteroatoms. The van der Waals surface area contributed by atoms with Gasteiger partial charge in [0.25, 0.3) is 0 Å². The fourth-order valence-corrected chi connectivity index (χ4v) is 1.52. The van der Waals surface area contributed by atoms with Gasteiger partial charge in [-0.25, -0.2) is 9.97 Å². The van der Waals surface area contributed by atoms with E-state index in [1.54, 1.807) is 24.3 Å². The van der Waals surface area contributed by atoms with Crippen molar-refractivity contribution in [3.63, 3.8) is 0 Å². The molecule has 0 aliphatic carbocycles. The van der Waals surface area contributed by atoms with Gasteiger partial charge >= 0.3 is 0 Å². The Labute approximate surface area is 98.2 Å². The zero-order chi connectivity index (χ0) is 14.2. The number of hydrogen-bond acceptors (Lipinski definition) is 2. The minimum Gasteiger partial charge on any atom is -0.237 e. The Morgan fingerprint density at radius 1 is 1.43 bits per heavy atom. The van der Waals surface area contributed by atoms with Crippen LogP contribution in [0.2, 0.25) is 0 Å².